The Bertz CT molecular complexity index is 3020. The molecule has 2 heterocycles. The summed E-state index contributed by atoms with van der Waals surface area (Å²) in [4.78, 5) is 2.29. The Balaban J connectivity index is 1.14. The van der Waals surface area contributed by atoms with Crippen LogP contribution in [0.3, 0.4) is 0 Å². The van der Waals surface area contributed by atoms with Crippen LogP contribution in [0.5, 0.6) is 0 Å². The Morgan fingerprint density at radius 2 is 0.981 bits per heavy atom. The molecule has 0 radical (unpaired) electrons. The second-order valence-electron chi connectivity index (χ2n) is 14.9. The first-order chi connectivity index (χ1) is 26.5. The molecule has 3 heteroatoms. The fourth-order valence-corrected chi connectivity index (χ4v) is 8.84. The SMILES string of the molecule is CC1(C)c2ccccc2-c2ccc(-c3cc(-c4ccc(N(c5ccccc5)c5ccccc5)cc4)c4oc5ccc6oc7ccccc7c6c5c4c3)cc21. The van der Waals surface area contributed by atoms with E-state index in [0.717, 1.165) is 77.6 Å². The first-order valence-electron chi connectivity index (χ1n) is 18.6. The Kier molecular flexibility index (Phi) is 6.60. The molecule has 0 amide bonds. The maximum Gasteiger partial charge on any atom is 0.143 e. The summed E-state index contributed by atoms with van der Waals surface area (Å²) in [5.74, 6) is 0. The van der Waals surface area contributed by atoms with Crippen molar-refractivity contribution < 1.29 is 8.83 Å². The van der Waals surface area contributed by atoms with Gasteiger partial charge in [-0.2, -0.15) is 0 Å². The standard InChI is InChI=1S/C51H35NO2/c1-51(2)43-19-11-9-17-38(43)39-26-23-33(31-44(39)51)34-29-41(32-21-24-37(25-22-32)52(35-13-5-3-6-14-35)36-15-7-4-8-16-36)50-42(30-34)49-47(54-50)28-27-46-48(49)40-18-10-12-20-45(40)53-46/h3-31H,1-2H3. The summed E-state index contributed by atoms with van der Waals surface area (Å²) in [6, 6.07) is 62.8. The number of para-hydroxylation sites is 3. The number of hydrogen-bond acceptors (Lipinski definition) is 3. The summed E-state index contributed by atoms with van der Waals surface area (Å²) in [6.07, 6.45) is 0. The molecular weight excluding hydrogens is 659 g/mol. The molecular formula is C51H35NO2. The number of fused-ring (bicyclic) bond motifs is 10. The minimum absolute atomic E-state index is 0.0989. The van der Waals surface area contributed by atoms with E-state index in [4.69, 9.17) is 8.83 Å². The van der Waals surface area contributed by atoms with Gasteiger partial charge in [0.25, 0.3) is 0 Å². The van der Waals surface area contributed by atoms with Gasteiger partial charge in [-0.25, -0.2) is 0 Å². The zero-order chi connectivity index (χ0) is 36.0. The normalized spacial score (nSPS) is 13.1. The van der Waals surface area contributed by atoms with Gasteiger partial charge in [-0.1, -0.05) is 117 Å². The molecule has 0 bridgehead atoms. The third-order valence-electron chi connectivity index (χ3n) is 11.5. The topological polar surface area (TPSA) is 29.5 Å². The van der Waals surface area contributed by atoms with Crippen LogP contribution in [0, 0.1) is 0 Å². The van der Waals surface area contributed by atoms with Crippen LogP contribution in [0.2, 0.25) is 0 Å². The van der Waals surface area contributed by atoms with Crippen molar-refractivity contribution in [2.75, 3.05) is 4.90 Å². The van der Waals surface area contributed by atoms with Crippen molar-refractivity contribution in [2.24, 2.45) is 0 Å². The fraction of sp³-hybridized carbons (Fsp3) is 0.0588. The number of anilines is 3. The number of nitrogens with zero attached hydrogens (tertiary/aromatic N) is 1. The summed E-state index contributed by atoms with van der Waals surface area (Å²) >= 11 is 0. The first kappa shape index (κ1) is 30.8. The van der Waals surface area contributed by atoms with Gasteiger partial charge in [0.2, 0.25) is 0 Å². The summed E-state index contributed by atoms with van der Waals surface area (Å²) in [7, 11) is 0. The van der Waals surface area contributed by atoms with Crippen LogP contribution in [-0.4, -0.2) is 0 Å². The van der Waals surface area contributed by atoms with Gasteiger partial charge in [0, 0.05) is 49.6 Å². The highest BCUT2D eigenvalue weighted by Crippen LogP contribution is 2.51. The lowest BCUT2D eigenvalue weighted by Gasteiger charge is -2.25. The molecule has 0 N–H and O–H groups in total. The van der Waals surface area contributed by atoms with Crippen LogP contribution < -0.4 is 4.90 Å². The molecule has 1 aliphatic rings. The van der Waals surface area contributed by atoms with E-state index in [-0.39, 0.29) is 5.41 Å². The highest BCUT2D eigenvalue weighted by molar-refractivity contribution is 6.27. The molecule has 0 unspecified atom stereocenters. The van der Waals surface area contributed by atoms with Crippen LogP contribution >= 0.6 is 0 Å². The van der Waals surface area contributed by atoms with Crippen molar-refractivity contribution in [2.45, 2.75) is 19.3 Å². The highest BCUT2D eigenvalue weighted by Gasteiger charge is 2.35. The maximum atomic E-state index is 6.87. The molecule has 10 aromatic rings. The van der Waals surface area contributed by atoms with Crippen LogP contribution in [0.15, 0.2) is 185 Å². The molecule has 2 aromatic heterocycles. The maximum absolute atomic E-state index is 6.87. The average Bonchev–Trinajstić information content (AvgIpc) is 3.86. The summed E-state index contributed by atoms with van der Waals surface area (Å²) in [5.41, 5.74) is 16.5. The van der Waals surface area contributed by atoms with Gasteiger partial charge in [-0.15, -0.1) is 0 Å². The third-order valence-corrected chi connectivity index (χ3v) is 11.5. The summed E-state index contributed by atoms with van der Waals surface area (Å²) in [5, 5.41) is 4.35. The molecule has 0 saturated carbocycles. The minimum atomic E-state index is -0.0989. The molecule has 1 aliphatic carbocycles. The Labute approximate surface area is 313 Å². The lowest BCUT2D eigenvalue weighted by Crippen LogP contribution is -2.14. The van der Waals surface area contributed by atoms with Gasteiger partial charge in [0.15, 0.2) is 0 Å². The van der Waals surface area contributed by atoms with E-state index in [1.807, 2.05) is 18.2 Å². The molecule has 54 heavy (non-hydrogen) atoms. The van der Waals surface area contributed by atoms with Crippen molar-refractivity contribution in [1.29, 1.82) is 0 Å². The molecule has 0 atom stereocenters. The average molecular weight is 694 g/mol. The molecule has 3 nitrogen and oxygen atoms in total. The summed E-state index contributed by atoms with van der Waals surface area (Å²) in [6.45, 7) is 4.69. The number of rotatable bonds is 5. The fourth-order valence-electron chi connectivity index (χ4n) is 8.84. The number of benzene rings is 8. The van der Waals surface area contributed by atoms with Crippen LogP contribution in [0.1, 0.15) is 25.0 Å². The molecule has 256 valence electrons. The molecule has 11 rings (SSSR count). The van der Waals surface area contributed by atoms with E-state index in [1.54, 1.807) is 0 Å². The van der Waals surface area contributed by atoms with Gasteiger partial charge in [0.05, 0.1) is 0 Å². The van der Waals surface area contributed by atoms with E-state index in [2.05, 4.69) is 176 Å². The van der Waals surface area contributed by atoms with Gasteiger partial charge < -0.3 is 13.7 Å². The molecule has 0 saturated heterocycles. The van der Waals surface area contributed by atoms with Crippen LogP contribution in [0.25, 0.3) is 77.3 Å². The Morgan fingerprint density at radius 1 is 0.389 bits per heavy atom. The monoisotopic (exact) mass is 693 g/mol. The first-order valence-corrected chi connectivity index (χ1v) is 18.6. The molecule has 0 aliphatic heterocycles. The Morgan fingerprint density at radius 3 is 1.74 bits per heavy atom. The molecule has 0 fully saturated rings. The molecule has 0 spiro atoms. The third kappa shape index (κ3) is 4.55. The quantitative estimate of drug-likeness (QED) is 0.180. The Hall–Kier alpha value is -6.84. The number of furan rings is 2. The smallest absolute Gasteiger partial charge is 0.143 e. The van der Waals surface area contributed by atoms with Crippen molar-refractivity contribution in [1.82, 2.24) is 0 Å². The highest BCUT2D eigenvalue weighted by atomic mass is 16.3. The van der Waals surface area contributed by atoms with E-state index in [0.29, 0.717) is 0 Å². The lowest BCUT2D eigenvalue weighted by molar-refractivity contribution is 0.660. The predicted octanol–water partition coefficient (Wildman–Crippen LogP) is 14.6. The second kappa shape index (κ2) is 11.6. The van der Waals surface area contributed by atoms with Crippen LogP contribution in [-0.2, 0) is 5.41 Å². The van der Waals surface area contributed by atoms with Crippen LogP contribution in [0.4, 0.5) is 17.1 Å². The largest absolute Gasteiger partial charge is 0.456 e. The summed E-state index contributed by atoms with van der Waals surface area (Å²) < 4.78 is 13.2. The lowest BCUT2D eigenvalue weighted by atomic mass is 9.81. The van der Waals surface area contributed by atoms with E-state index >= 15 is 0 Å². The second-order valence-corrected chi connectivity index (χ2v) is 14.9. The van der Waals surface area contributed by atoms with Crippen molar-refractivity contribution in [3.05, 3.63) is 187 Å². The predicted molar refractivity (Wildman–Crippen MR) is 224 cm³/mol. The van der Waals surface area contributed by atoms with Crippen molar-refractivity contribution >= 4 is 60.9 Å². The van der Waals surface area contributed by atoms with Gasteiger partial charge in [-0.3, -0.25) is 0 Å². The van der Waals surface area contributed by atoms with E-state index < -0.39 is 0 Å². The zero-order valence-corrected chi connectivity index (χ0v) is 30.0. The van der Waals surface area contributed by atoms with Crippen molar-refractivity contribution in [3.8, 4) is 33.4 Å². The van der Waals surface area contributed by atoms with Gasteiger partial charge >= 0.3 is 0 Å². The number of hydrogen-bond donors (Lipinski definition) is 0. The zero-order valence-electron chi connectivity index (χ0n) is 30.0. The van der Waals surface area contributed by atoms with E-state index in [1.165, 1.54) is 27.8 Å². The van der Waals surface area contributed by atoms with Gasteiger partial charge in [0.1, 0.15) is 22.3 Å². The van der Waals surface area contributed by atoms with Gasteiger partial charge in [-0.05, 0) is 112 Å². The van der Waals surface area contributed by atoms with E-state index in [9.17, 15) is 0 Å². The molecule has 8 aromatic carbocycles. The minimum Gasteiger partial charge on any atom is -0.456 e. The van der Waals surface area contributed by atoms with Crippen molar-refractivity contribution in [3.63, 3.8) is 0 Å².